The van der Waals surface area contributed by atoms with E-state index in [1.54, 1.807) is 0 Å². The molecule has 0 atom stereocenters. The number of anilines is 1. The molecule has 1 N–H and O–H groups in total. The smallest absolute Gasteiger partial charge is 0.129 e. The van der Waals surface area contributed by atoms with E-state index in [1.165, 1.54) is 12.1 Å². The SMILES string of the molecule is CCc1cc2cc(F)cc(Br)c2nc1NC. The first kappa shape index (κ1) is 11.3. The van der Waals surface area contributed by atoms with Gasteiger partial charge in [-0.3, -0.25) is 0 Å². The van der Waals surface area contributed by atoms with Gasteiger partial charge in [0.05, 0.1) is 5.52 Å². The molecule has 2 rings (SSSR count). The lowest BCUT2D eigenvalue weighted by molar-refractivity contribution is 0.629. The highest BCUT2D eigenvalue weighted by Gasteiger charge is 2.08. The van der Waals surface area contributed by atoms with E-state index in [2.05, 4.69) is 33.2 Å². The van der Waals surface area contributed by atoms with Gasteiger partial charge in [0, 0.05) is 16.9 Å². The molecular formula is C12H12BrFN2. The number of aryl methyl sites for hydroxylation is 1. The van der Waals surface area contributed by atoms with Crippen molar-refractivity contribution in [3.05, 3.63) is 34.1 Å². The molecule has 0 saturated carbocycles. The van der Waals surface area contributed by atoms with Crippen LogP contribution in [0.25, 0.3) is 10.9 Å². The summed E-state index contributed by atoms with van der Waals surface area (Å²) in [5, 5.41) is 3.88. The van der Waals surface area contributed by atoms with Crippen LogP contribution in [0.3, 0.4) is 0 Å². The van der Waals surface area contributed by atoms with Gasteiger partial charge in [-0.25, -0.2) is 9.37 Å². The molecule has 16 heavy (non-hydrogen) atoms. The maximum absolute atomic E-state index is 13.2. The second-order valence-corrected chi connectivity index (χ2v) is 4.41. The molecule has 2 aromatic rings. The van der Waals surface area contributed by atoms with E-state index in [0.29, 0.717) is 4.47 Å². The first-order valence-electron chi connectivity index (χ1n) is 5.12. The standard InChI is InChI=1S/C12H12BrFN2/c1-3-7-4-8-5-9(14)6-10(13)11(8)16-12(7)15-2/h4-6H,3H2,1-2H3,(H,15,16). The van der Waals surface area contributed by atoms with Gasteiger partial charge >= 0.3 is 0 Å². The second kappa shape index (κ2) is 4.37. The van der Waals surface area contributed by atoms with Gasteiger partial charge in [-0.15, -0.1) is 0 Å². The van der Waals surface area contributed by atoms with Crippen LogP contribution in [0.4, 0.5) is 10.2 Å². The van der Waals surface area contributed by atoms with Crippen molar-refractivity contribution in [3.63, 3.8) is 0 Å². The van der Waals surface area contributed by atoms with Gasteiger partial charge in [0.2, 0.25) is 0 Å². The number of nitrogens with zero attached hydrogens (tertiary/aromatic N) is 1. The van der Waals surface area contributed by atoms with Crippen molar-refractivity contribution in [1.29, 1.82) is 0 Å². The first-order chi connectivity index (χ1) is 7.65. The normalized spacial score (nSPS) is 10.8. The highest BCUT2D eigenvalue weighted by atomic mass is 79.9. The lowest BCUT2D eigenvalue weighted by Crippen LogP contribution is -1.99. The Morgan fingerprint density at radius 2 is 2.12 bits per heavy atom. The van der Waals surface area contributed by atoms with E-state index in [-0.39, 0.29) is 5.82 Å². The summed E-state index contributed by atoms with van der Waals surface area (Å²) in [6.07, 6.45) is 0.868. The molecule has 2 nitrogen and oxygen atoms in total. The average molecular weight is 283 g/mol. The van der Waals surface area contributed by atoms with Crippen molar-refractivity contribution in [1.82, 2.24) is 4.98 Å². The minimum absolute atomic E-state index is 0.250. The monoisotopic (exact) mass is 282 g/mol. The van der Waals surface area contributed by atoms with Gasteiger partial charge in [-0.05, 0) is 46.1 Å². The van der Waals surface area contributed by atoms with Crippen LogP contribution < -0.4 is 5.32 Å². The molecule has 0 saturated heterocycles. The number of halogens is 2. The fourth-order valence-electron chi connectivity index (χ4n) is 1.74. The highest BCUT2D eigenvalue weighted by molar-refractivity contribution is 9.10. The Bertz CT molecular complexity index is 540. The number of aromatic nitrogens is 1. The first-order valence-corrected chi connectivity index (χ1v) is 5.91. The van der Waals surface area contributed by atoms with Gasteiger partial charge < -0.3 is 5.32 Å². The van der Waals surface area contributed by atoms with Crippen molar-refractivity contribution in [2.45, 2.75) is 13.3 Å². The van der Waals surface area contributed by atoms with Crippen molar-refractivity contribution >= 4 is 32.7 Å². The number of fused-ring (bicyclic) bond motifs is 1. The third-order valence-corrected chi connectivity index (χ3v) is 3.14. The van der Waals surface area contributed by atoms with Crippen molar-refractivity contribution in [2.24, 2.45) is 0 Å². The fourth-order valence-corrected chi connectivity index (χ4v) is 2.28. The minimum Gasteiger partial charge on any atom is -0.373 e. The van der Waals surface area contributed by atoms with Crippen LogP contribution in [0.15, 0.2) is 22.7 Å². The Morgan fingerprint density at radius 1 is 1.38 bits per heavy atom. The van der Waals surface area contributed by atoms with Crippen LogP contribution in [0.1, 0.15) is 12.5 Å². The van der Waals surface area contributed by atoms with Crippen molar-refractivity contribution in [2.75, 3.05) is 12.4 Å². The summed E-state index contributed by atoms with van der Waals surface area (Å²) in [6, 6.07) is 4.91. The maximum Gasteiger partial charge on any atom is 0.129 e. The highest BCUT2D eigenvalue weighted by Crippen LogP contribution is 2.27. The number of hydrogen-bond acceptors (Lipinski definition) is 2. The van der Waals surface area contributed by atoms with Gasteiger partial charge in [0.1, 0.15) is 11.6 Å². The molecule has 1 aromatic heterocycles. The summed E-state index contributed by atoms with van der Waals surface area (Å²) in [6.45, 7) is 2.05. The summed E-state index contributed by atoms with van der Waals surface area (Å²) >= 11 is 3.33. The molecule has 0 bridgehead atoms. The lowest BCUT2D eigenvalue weighted by Gasteiger charge is -2.09. The maximum atomic E-state index is 13.2. The third kappa shape index (κ3) is 1.89. The van der Waals surface area contributed by atoms with Crippen LogP contribution >= 0.6 is 15.9 Å². The summed E-state index contributed by atoms with van der Waals surface area (Å²) in [5.74, 6) is 0.600. The zero-order chi connectivity index (χ0) is 11.7. The molecule has 0 aliphatic heterocycles. The molecule has 0 amide bonds. The zero-order valence-corrected chi connectivity index (χ0v) is 10.7. The largest absolute Gasteiger partial charge is 0.373 e. The summed E-state index contributed by atoms with van der Waals surface area (Å²) < 4.78 is 13.9. The predicted octanol–water partition coefficient (Wildman–Crippen LogP) is 3.74. The van der Waals surface area contributed by atoms with E-state index in [1.807, 2.05) is 13.1 Å². The quantitative estimate of drug-likeness (QED) is 0.908. The summed E-state index contributed by atoms with van der Waals surface area (Å²) in [7, 11) is 1.84. The van der Waals surface area contributed by atoms with Crippen LogP contribution in [-0.4, -0.2) is 12.0 Å². The summed E-state index contributed by atoms with van der Waals surface area (Å²) in [4.78, 5) is 4.48. The van der Waals surface area contributed by atoms with E-state index in [4.69, 9.17) is 0 Å². The Kier molecular flexibility index (Phi) is 3.10. The van der Waals surface area contributed by atoms with Crippen LogP contribution in [0.5, 0.6) is 0 Å². The van der Waals surface area contributed by atoms with E-state index < -0.39 is 0 Å². The van der Waals surface area contributed by atoms with E-state index >= 15 is 0 Å². The molecule has 0 fully saturated rings. The predicted molar refractivity (Wildman–Crippen MR) is 68.3 cm³/mol. The number of pyridine rings is 1. The molecule has 4 heteroatoms. The summed E-state index contributed by atoms with van der Waals surface area (Å²) in [5.41, 5.74) is 1.87. The van der Waals surface area contributed by atoms with Gasteiger partial charge in [-0.2, -0.15) is 0 Å². The zero-order valence-electron chi connectivity index (χ0n) is 9.14. The Labute approximate surface area is 102 Å². The Morgan fingerprint density at radius 3 is 2.75 bits per heavy atom. The topological polar surface area (TPSA) is 24.9 Å². The molecule has 84 valence electrons. The van der Waals surface area contributed by atoms with Crippen LogP contribution in [0, 0.1) is 5.82 Å². The minimum atomic E-state index is -0.250. The molecule has 0 unspecified atom stereocenters. The molecular weight excluding hydrogens is 271 g/mol. The molecule has 0 aliphatic rings. The second-order valence-electron chi connectivity index (χ2n) is 3.56. The Balaban J connectivity index is 2.78. The van der Waals surface area contributed by atoms with Gasteiger partial charge in [0.25, 0.3) is 0 Å². The Hall–Kier alpha value is -1.16. The molecule has 1 heterocycles. The molecule has 0 radical (unpaired) electrons. The molecule has 1 aromatic carbocycles. The number of benzene rings is 1. The van der Waals surface area contributed by atoms with Crippen LogP contribution in [0.2, 0.25) is 0 Å². The third-order valence-electron chi connectivity index (χ3n) is 2.53. The number of hydrogen-bond donors (Lipinski definition) is 1. The van der Waals surface area contributed by atoms with Crippen LogP contribution in [-0.2, 0) is 6.42 Å². The van der Waals surface area contributed by atoms with E-state index in [0.717, 1.165) is 28.7 Å². The van der Waals surface area contributed by atoms with E-state index in [9.17, 15) is 4.39 Å². The molecule has 0 spiro atoms. The fraction of sp³-hybridized carbons (Fsp3) is 0.250. The number of nitrogens with one attached hydrogen (secondary N) is 1. The molecule has 0 aliphatic carbocycles. The lowest BCUT2D eigenvalue weighted by atomic mass is 10.1. The van der Waals surface area contributed by atoms with Gasteiger partial charge in [0.15, 0.2) is 0 Å². The average Bonchev–Trinajstić information content (AvgIpc) is 2.27. The van der Waals surface area contributed by atoms with Crippen molar-refractivity contribution in [3.8, 4) is 0 Å². The van der Waals surface area contributed by atoms with Crippen molar-refractivity contribution < 1.29 is 4.39 Å². The van der Waals surface area contributed by atoms with Gasteiger partial charge in [-0.1, -0.05) is 6.92 Å². The number of rotatable bonds is 2.